The minimum Gasteiger partial charge on any atom is -0.253 e. The molecule has 1 nitrogen and oxygen atoms in total. The Balaban J connectivity index is 2.78. The zero-order chi connectivity index (χ0) is 13.1. The molecule has 0 unspecified atom stereocenters. The molecule has 2 rings (SSSR count). The first-order valence-corrected chi connectivity index (χ1v) is 6.81. The van der Waals surface area contributed by atoms with Gasteiger partial charge in [-0.05, 0) is 48.6 Å². The van der Waals surface area contributed by atoms with Crippen molar-refractivity contribution in [1.29, 1.82) is 0 Å². The van der Waals surface area contributed by atoms with Crippen LogP contribution in [0.5, 0.6) is 0 Å². The van der Waals surface area contributed by atoms with Gasteiger partial charge in [-0.15, -0.1) is 0 Å². The number of rotatable bonds is 4. The molecule has 2 aromatic rings. The number of fused-ring (bicyclic) bond motifs is 1. The van der Waals surface area contributed by atoms with Gasteiger partial charge < -0.3 is 0 Å². The first-order chi connectivity index (χ1) is 8.71. The molecule has 0 N–H and O–H groups in total. The predicted octanol–water partition coefficient (Wildman–Crippen LogP) is 4.45. The second kappa shape index (κ2) is 5.47. The molecule has 0 saturated heterocycles. The van der Waals surface area contributed by atoms with Crippen LogP contribution in [0.3, 0.4) is 0 Å². The van der Waals surface area contributed by atoms with E-state index in [0.29, 0.717) is 0 Å². The zero-order valence-electron chi connectivity index (χ0n) is 11.4. The summed E-state index contributed by atoms with van der Waals surface area (Å²) in [6.45, 7) is 6.45. The first kappa shape index (κ1) is 13.0. The molecule has 0 aliphatic rings. The summed E-state index contributed by atoms with van der Waals surface area (Å²) in [6, 6.07) is 4.91. The van der Waals surface area contributed by atoms with E-state index in [1.807, 2.05) is 0 Å². The van der Waals surface area contributed by atoms with Crippen molar-refractivity contribution >= 4 is 10.9 Å². The van der Waals surface area contributed by atoms with Gasteiger partial charge in [-0.25, -0.2) is 4.39 Å². The van der Waals surface area contributed by atoms with E-state index < -0.39 is 0 Å². The summed E-state index contributed by atoms with van der Waals surface area (Å²) >= 11 is 0. The second-order valence-electron chi connectivity index (χ2n) is 4.63. The van der Waals surface area contributed by atoms with Crippen LogP contribution >= 0.6 is 0 Å². The van der Waals surface area contributed by atoms with Gasteiger partial charge in [-0.2, -0.15) is 0 Å². The van der Waals surface area contributed by atoms with Crippen LogP contribution in [-0.2, 0) is 19.3 Å². The number of hydrogen-bond acceptors (Lipinski definition) is 1. The van der Waals surface area contributed by atoms with Crippen molar-refractivity contribution in [1.82, 2.24) is 4.98 Å². The summed E-state index contributed by atoms with van der Waals surface area (Å²) in [5.74, 6) is -0.175. The summed E-state index contributed by atoms with van der Waals surface area (Å²) < 4.78 is 13.4. The Hall–Kier alpha value is -1.44. The van der Waals surface area contributed by atoms with Gasteiger partial charge in [0.15, 0.2) is 0 Å². The van der Waals surface area contributed by atoms with E-state index in [1.165, 1.54) is 22.9 Å². The van der Waals surface area contributed by atoms with Crippen molar-refractivity contribution in [3.8, 4) is 0 Å². The van der Waals surface area contributed by atoms with E-state index in [1.54, 1.807) is 12.1 Å². The highest BCUT2D eigenvalue weighted by Gasteiger charge is 2.12. The summed E-state index contributed by atoms with van der Waals surface area (Å²) in [7, 11) is 0. The number of nitrogens with zero attached hydrogens (tertiary/aromatic N) is 1. The minimum absolute atomic E-state index is 0.175. The number of hydrogen-bond donors (Lipinski definition) is 0. The van der Waals surface area contributed by atoms with Gasteiger partial charge in [-0.1, -0.05) is 27.2 Å². The van der Waals surface area contributed by atoms with Crippen LogP contribution in [0.4, 0.5) is 4.39 Å². The Morgan fingerprint density at radius 2 is 1.83 bits per heavy atom. The third-order valence-electron chi connectivity index (χ3n) is 3.44. The maximum atomic E-state index is 13.4. The molecule has 0 aliphatic carbocycles. The molecule has 0 bridgehead atoms. The molecular formula is C16H20FN. The predicted molar refractivity (Wildman–Crippen MR) is 74.5 cm³/mol. The summed E-state index contributed by atoms with van der Waals surface area (Å²) in [5.41, 5.74) is 4.71. The van der Waals surface area contributed by atoms with Gasteiger partial charge in [-0.3, -0.25) is 4.98 Å². The molecule has 1 aromatic heterocycles. The van der Waals surface area contributed by atoms with Crippen molar-refractivity contribution < 1.29 is 4.39 Å². The smallest absolute Gasteiger partial charge is 0.123 e. The fourth-order valence-corrected chi connectivity index (χ4v) is 2.64. The minimum atomic E-state index is -0.175. The lowest BCUT2D eigenvalue weighted by molar-refractivity contribution is 0.629. The molecule has 1 aromatic carbocycles. The fourth-order valence-electron chi connectivity index (χ4n) is 2.64. The Morgan fingerprint density at radius 3 is 2.44 bits per heavy atom. The van der Waals surface area contributed by atoms with E-state index in [4.69, 9.17) is 4.98 Å². The first-order valence-electron chi connectivity index (χ1n) is 6.81. The van der Waals surface area contributed by atoms with Gasteiger partial charge in [0, 0.05) is 11.1 Å². The van der Waals surface area contributed by atoms with Crippen LogP contribution in [0.2, 0.25) is 0 Å². The quantitative estimate of drug-likeness (QED) is 0.775. The summed E-state index contributed by atoms with van der Waals surface area (Å²) in [5, 5.41) is 0.984. The molecule has 0 spiro atoms. The number of halogens is 1. The highest BCUT2D eigenvalue weighted by molar-refractivity contribution is 5.83. The van der Waals surface area contributed by atoms with E-state index in [-0.39, 0.29) is 5.82 Å². The van der Waals surface area contributed by atoms with Crippen molar-refractivity contribution in [2.75, 3.05) is 0 Å². The van der Waals surface area contributed by atoms with Crippen LogP contribution in [0, 0.1) is 5.82 Å². The van der Waals surface area contributed by atoms with E-state index >= 15 is 0 Å². The van der Waals surface area contributed by atoms with Crippen molar-refractivity contribution in [3.63, 3.8) is 0 Å². The molecule has 2 heteroatoms. The van der Waals surface area contributed by atoms with Crippen LogP contribution in [0.1, 0.15) is 44.0 Å². The lowest BCUT2D eigenvalue weighted by atomic mass is 9.94. The number of aromatic nitrogens is 1. The van der Waals surface area contributed by atoms with Crippen molar-refractivity contribution in [2.24, 2.45) is 0 Å². The van der Waals surface area contributed by atoms with Gasteiger partial charge in [0.2, 0.25) is 0 Å². The average molecular weight is 245 g/mol. The maximum Gasteiger partial charge on any atom is 0.123 e. The SMILES string of the molecule is CCCc1c(CC)nc2ccc(F)cc2c1CC. The van der Waals surface area contributed by atoms with Gasteiger partial charge in [0.25, 0.3) is 0 Å². The van der Waals surface area contributed by atoms with Crippen LogP contribution in [-0.4, -0.2) is 4.98 Å². The molecule has 0 aliphatic heterocycles. The number of benzene rings is 1. The van der Waals surface area contributed by atoms with Crippen LogP contribution in [0.25, 0.3) is 10.9 Å². The summed E-state index contributed by atoms with van der Waals surface area (Å²) in [6.07, 6.45) is 4.01. The molecule has 0 atom stereocenters. The van der Waals surface area contributed by atoms with Gasteiger partial charge >= 0.3 is 0 Å². The molecule has 1 heterocycles. The highest BCUT2D eigenvalue weighted by Crippen LogP contribution is 2.26. The van der Waals surface area contributed by atoms with E-state index in [0.717, 1.165) is 36.6 Å². The lowest BCUT2D eigenvalue weighted by Crippen LogP contribution is -2.04. The van der Waals surface area contributed by atoms with E-state index in [9.17, 15) is 4.39 Å². The number of pyridine rings is 1. The third-order valence-corrected chi connectivity index (χ3v) is 3.44. The average Bonchev–Trinajstić information content (AvgIpc) is 2.38. The van der Waals surface area contributed by atoms with Crippen molar-refractivity contribution in [3.05, 3.63) is 40.8 Å². The number of aryl methyl sites for hydroxylation is 2. The van der Waals surface area contributed by atoms with Gasteiger partial charge in [0.1, 0.15) is 5.82 Å². The zero-order valence-corrected chi connectivity index (χ0v) is 11.4. The molecule has 96 valence electrons. The monoisotopic (exact) mass is 245 g/mol. The van der Waals surface area contributed by atoms with E-state index in [2.05, 4.69) is 20.8 Å². The molecule has 0 saturated carbocycles. The lowest BCUT2D eigenvalue weighted by Gasteiger charge is -2.15. The Bertz CT molecular complexity index is 561. The summed E-state index contributed by atoms with van der Waals surface area (Å²) in [4.78, 5) is 4.70. The molecule has 18 heavy (non-hydrogen) atoms. The fraction of sp³-hybridized carbons (Fsp3) is 0.438. The van der Waals surface area contributed by atoms with Crippen molar-refractivity contribution in [2.45, 2.75) is 46.5 Å². The molecule has 0 fully saturated rings. The normalized spacial score (nSPS) is 11.1. The molecule has 0 amide bonds. The van der Waals surface area contributed by atoms with Crippen LogP contribution < -0.4 is 0 Å². The van der Waals surface area contributed by atoms with Gasteiger partial charge in [0.05, 0.1) is 5.52 Å². The highest BCUT2D eigenvalue weighted by atomic mass is 19.1. The largest absolute Gasteiger partial charge is 0.253 e. The topological polar surface area (TPSA) is 12.9 Å². The maximum absolute atomic E-state index is 13.4. The Labute approximate surface area is 108 Å². The molecule has 0 radical (unpaired) electrons. The third kappa shape index (κ3) is 2.24. The van der Waals surface area contributed by atoms with Crippen LogP contribution in [0.15, 0.2) is 18.2 Å². The second-order valence-corrected chi connectivity index (χ2v) is 4.63. The standard InChI is InChI=1S/C16H20FN/c1-4-7-13-12(5-2)14-10-11(17)8-9-16(14)18-15(13)6-3/h8-10H,4-7H2,1-3H3. The molecular weight excluding hydrogens is 225 g/mol. The Kier molecular flexibility index (Phi) is 3.95. The Morgan fingerprint density at radius 1 is 1.06 bits per heavy atom.